The summed E-state index contributed by atoms with van der Waals surface area (Å²) in [5.74, 6) is 0.441. The first-order valence-corrected chi connectivity index (χ1v) is 8.55. The molecule has 0 bridgehead atoms. The number of aryl methyl sites for hydroxylation is 1. The Morgan fingerprint density at radius 2 is 2.04 bits per heavy atom. The second-order valence-electron chi connectivity index (χ2n) is 5.09. The normalized spacial score (nSPS) is 10.6. The van der Waals surface area contributed by atoms with Crippen molar-refractivity contribution in [3.8, 4) is 11.5 Å². The molecule has 3 aromatic rings. The van der Waals surface area contributed by atoms with Crippen LogP contribution in [-0.4, -0.2) is 21.9 Å². The number of nitrogens with one attached hydrogen (secondary N) is 1. The summed E-state index contributed by atoms with van der Waals surface area (Å²) in [5, 5.41) is 11.7. The van der Waals surface area contributed by atoms with E-state index >= 15 is 0 Å². The number of anilines is 1. The molecule has 2 aromatic carbocycles. The van der Waals surface area contributed by atoms with Crippen LogP contribution in [0.1, 0.15) is 5.56 Å². The number of nitrogens with zero attached hydrogens (tertiary/aromatic N) is 2. The van der Waals surface area contributed by atoms with Crippen molar-refractivity contribution in [2.45, 2.75) is 12.1 Å². The summed E-state index contributed by atoms with van der Waals surface area (Å²) in [6.45, 7) is 2.00. The molecule has 0 unspecified atom stereocenters. The standard InChI is InChI=1S/C17H14ClN3O2S/c1-11-4-2-5-12(8-11)16-20-21-17(23-16)24-10-15(22)19-14-7-3-6-13(18)9-14/h2-9H,10H2,1H3,(H,19,22). The zero-order chi connectivity index (χ0) is 16.9. The van der Waals surface area contributed by atoms with E-state index in [2.05, 4.69) is 15.5 Å². The van der Waals surface area contributed by atoms with E-state index in [9.17, 15) is 4.79 Å². The van der Waals surface area contributed by atoms with Crippen LogP contribution >= 0.6 is 23.4 Å². The summed E-state index contributed by atoms with van der Waals surface area (Å²) >= 11 is 7.07. The highest BCUT2D eigenvalue weighted by atomic mass is 35.5. The predicted octanol–water partition coefficient (Wildman–Crippen LogP) is 4.43. The number of carbonyl (C=O) groups excluding carboxylic acids is 1. The average molecular weight is 360 g/mol. The zero-order valence-electron chi connectivity index (χ0n) is 12.8. The second kappa shape index (κ2) is 7.51. The monoisotopic (exact) mass is 359 g/mol. The molecular formula is C17H14ClN3O2S. The van der Waals surface area contributed by atoms with E-state index in [0.29, 0.717) is 21.8 Å². The van der Waals surface area contributed by atoms with Crippen LogP contribution in [0.5, 0.6) is 0 Å². The third-order valence-electron chi connectivity index (χ3n) is 3.11. The molecule has 0 aliphatic heterocycles. The Morgan fingerprint density at radius 1 is 1.21 bits per heavy atom. The average Bonchev–Trinajstić information content (AvgIpc) is 3.02. The summed E-state index contributed by atoms with van der Waals surface area (Å²) in [4.78, 5) is 12.0. The highest BCUT2D eigenvalue weighted by molar-refractivity contribution is 7.99. The number of amides is 1. The molecule has 24 heavy (non-hydrogen) atoms. The molecular weight excluding hydrogens is 346 g/mol. The molecule has 0 saturated heterocycles. The molecule has 5 nitrogen and oxygen atoms in total. The van der Waals surface area contributed by atoms with Gasteiger partial charge in [0.2, 0.25) is 11.8 Å². The Hall–Kier alpha value is -2.31. The van der Waals surface area contributed by atoms with Gasteiger partial charge in [-0.15, -0.1) is 10.2 Å². The molecule has 1 aromatic heterocycles. The summed E-state index contributed by atoms with van der Waals surface area (Å²) in [5.41, 5.74) is 2.62. The Labute approximate surface area is 148 Å². The van der Waals surface area contributed by atoms with Gasteiger partial charge in [0.1, 0.15) is 0 Å². The summed E-state index contributed by atoms with van der Waals surface area (Å²) < 4.78 is 5.58. The lowest BCUT2D eigenvalue weighted by atomic mass is 10.1. The SMILES string of the molecule is Cc1cccc(-c2nnc(SCC(=O)Nc3cccc(Cl)c3)o2)c1. The maximum Gasteiger partial charge on any atom is 0.277 e. The van der Waals surface area contributed by atoms with E-state index in [-0.39, 0.29) is 11.7 Å². The van der Waals surface area contributed by atoms with Gasteiger partial charge in [-0.3, -0.25) is 4.79 Å². The minimum Gasteiger partial charge on any atom is -0.411 e. The minimum absolute atomic E-state index is 0.169. The molecule has 1 heterocycles. The summed E-state index contributed by atoms with van der Waals surface area (Å²) in [6.07, 6.45) is 0. The van der Waals surface area contributed by atoms with Crippen LogP contribution < -0.4 is 5.32 Å². The summed E-state index contributed by atoms with van der Waals surface area (Å²) in [6, 6.07) is 14.8. The van der Waals surface area contributed by atoms with Crippen molar-refractivity contribution in [3.05, 3.63) is 59.1 Å². The summed E-state index contributed by atoms with van der Waals surface area (Å²) in [7, 11) is 0. The zero-order valence-corrected chi connectivity index (χ0v) is 14.4. The van der Waals surface area contributed by atoms with Crippen LogP contribution in [0.2, 0.25) is 5.02 Å². The quantitative estimate of drug-likeness (QED) is 0.682. The van der Waals surface area contributed by atoms with E-state index in [1.807, 2.05) is 31.2 Å². The molecule has 3 rings (SSSR count). The van der Waals surface area contributed by atoms with Crippen LogP contribution in [0.3, 0.4) is 0 Å². The van der Waals surface area contributed by atoms with Crippen LogP contribution in [0.15, 0.2) is 58.2 Å². The van der Waals surface area contributed by atoms with Gasteiger partial charge in [0.05, 0.1) is 5.75 Å². The van der Waals surface area contributed by atoms with E-state index in [0.717, 1.165) is 11.1 Å². The Kier molecular flexibility index (Phi) is 5.17. The van der Waals surface area contributed by atoms with Crippen molar-refractivity contribution in [2.24, 2.45) is 0 Å². The smallest absolute Gasteiger partial charge is 0.277 e. The van der Waals surface area contributed by atoms with Crippen LogP contribution in [-0.2, 0) is 4.79 Å². The van der Waals surface area contributed by atoms with E-state index in [1.54, 1.807) is 24.3 Å². The molecule has 0 spiro atoms. The molecule has 122 valence electrons. The lowest BCUT2D eigenvalue weighted by molar-refractivity contribution is -0.113. The maximum absolute atomic E-state index is 12.0. The van der Waals surface area contributed by atoms with Crippen LogP contribution in [0.4, 0.5) is 5.69 Å². The van der Waals surface area contributed by atoms with Gasteiger partial charge in [-0.1, -0.05) is 47.1 Å². The van der Waals surface area contributed by atoms with Crippen molar-refractivity contribution >= 4 is 35.0 Å². The van der Waals surface area contributed by atoms with Crippen LogP contribution in [0.25, 0.3) is 11.5 Å². The number of hydrogen-bond acceptors (Lipinski definition) is 5. The lowest BCUT2D eigenvalue weighted by Crippen LogP contribution is -2.13. The fourth-order valence-corrected chi connectivity index (χ4v) is 2.81. The second-order valence-corrected chi connectivity index (χ2v) is 6.45. The molecule has 7 heteroatoms. The number of halogens is 1. The van der Waals surface area contributed by atoms with Crippen molar-refractivity contribution in [1.29, 1.82) is 0 Å². The first-order valence-electron chi connectivity index (χ1n) is 7.19. The fraction of sp³-hybridized carbons (Fsp3) is 0.118. The van der Waals surface area contributed by atoms with Gasteiger partial charge < -0.3 is 9.73 Å². The van der Waals surface area contributed by atoms with Gasteiger partial charge in [-0.05, 0) is 37.3 Å². The van der Waals surface area contributed by atoms with Gasteiger partial charge in [0.25, 0.3) is 5.22 Å². The minimum atomic E-state index is -0.169. The van der Waals surface area contributed by atoms with Crippen LogP contribution in [0, 0.1) is 6.92 Å². The van der Waals surface area contributed by atoms with Gasteiger partial charge in [-0.2, -0.15) is 0 Å². The molecule has 0 fully saturated rings. The first kappa shape index (κ1) is 16.5. The third kappa shape index (κ3) is 4.37. The number of carbonyl (C=O) groups is 1. The number of benzene rings is 2. The lowest BCUT2D eigenvalue weighted by Gasteiger charge is -2.03. The molecule has 0 aliphatic rings. The number of rotatable bonds is 5. The molecule has 0 saturated carbocycles. The van der Waals surface area contributed by atoms with Crippen molar-refractivity contribution in [1.82, 2.24) is 10.2 Å². The van der Waals surface area contributed by atoms with E-state index in [1.165, 1.54) is 11.8 Å². The van der Waals surface area contributed by atoms with E-state index in [4.69, 9.17) is 16.0 Å². The maximum atomic E-state index is 12.0. The largest absolute Gasteiger partial charge is 0.411 e. The Bertz CT molecular complexity index is 866. The Morgan fingerprint density at radius 3 is 2.83 bits per heavy atom. The van der Waals surface area contributed by atoms with Crippen molar-refractivity contribution < 1.29 is 9.21 Å². The molecule has 0 aliphatic carbocycles. The van der Waals surface area contributed by atoms with Gasteiger partial charge in [-0.25, -0.2) is 0 Å². The van der Waals surface area contributed by atoms with Gasteiger partial charge in [0.15, 0.2) is 0 Å². The van der Waals surface area contributed by atoms with Gasteiger partial charge >= 0.3 is 0 Å². The molecule has 0 radical (unpaired) electrons. The van der Waals surface area contributed by atoms with Crippen molar-refractivity contribution in [2.75, 3.05) is 11.1 Å². The molecule has 1 amide bonds. The topological polar surface area (TPSA) is 68.0 Å². The van der Waals surface area contributed by atoms with E-state index < -0.39 is 0 Å². The highest BCUT2D eigenvalue weighted by Gasteiger charge is 2.11. The predicted molar refractivity (Wildman–Crippen MR) is 95.3 cm³/mol. The molecule has 1 N–H and O–H groups in total. The van der Waals surface area contributed by atoms with Crippen molar-refractivity contribution in [3.63, 3.8) is 0 Å². The fourth-order valence-electron chi connectivity index (χ4n) is 2.05. The third-order valence-corrected chi connectivity index (χ3v) is 4.16. The number of thioether (sulfide) groups is 1. The Balaban J connectivity index is 1.58. The number of aromatic nitrogens is 2. The molecule has 0 atom stereocenters. The highest BCUT2D eigenvalue weighted by Crippen LogP contribution is 2.24. The van der Waals surface area contributed by atoms with Gasteiger partial charge in [0, 0.05) is 16.3 Å². The number of hydrogen-bond donors (Lipinski definition) is 1. The first-order chi connectivity index (χ1) is 11.6.